The van der Waals surface area contributed by atoms with Gasteiger partial charge in [0.25, 0.3) is 5.91 Å². The van der Waals surface area contributed by atoms with Crippen LogP contribution in [0.3, 0.4) is 0 Å². The summed E-state index contributed by atoms with van der Waals surface area (Å²) >= 11 is 0. The molecule has 3 N–H and O–H groups in total. The van der Waals surface area contributed by atoms with Crippen molar-refractivity contribution in [2.24, 2.45) is 0 Å². The Balaban J connectivity index is 1.75. The van der Waals surface area contributed by atoms with Gasteiger partial charge in [-0.15, -0.1) is 0 Å². The zero-order valence-corrected chi connectivity index (χ0v) is 14.3. The lowest BCUT2D eigenvalue weighted by atomic mass is 9.92. The topological polar surface area (TPSA) is 96.1 Å². The maximum atomic E-state index is 11.9. The maximum absolute atomic E-state index is 11.9. The second-order valence-electron chi connectivity index (χ2n) is 6.24. The number of aromatic nitrogens is 2. The van der Waals surface area contributed by atoms with E-state index in [1.165, 1.54) is 0 Å². The minimum Gasteiger partial charge on any atom is -0.435 e. The molecule has 130 valence electrons. The average Bonchev–Trinajstić information content (AvgIpc) is 3.08. The summed E-state index contributed by atoms with van der Waals surface area (Å²) in [5, 5.41) is 6.72. The van der Waals surface area contributed by atoms with Crippen molar-refractivity contribution in [1.29, 1.82) is 0 Å². The van der Waals surface area contributed by atoms with Crippen molar-refractivity contribution in [3.8, 4) is 11.8 Å². The first kappa shape index (κ1) is 18.1. The third-order valence-corrected chi connectivity index (χ3v) is 3.18. The Morgan fingerprint density at radius 2 is 1.92 bits per heavy atom. The van der Waals surface area contributed by atoms with Crippen molar-refractivity contribution in [2.45, 2.75) is 26.2 Å². The number of benzene rings is 1. The summed E-state index contributed by atoms with van der Waals surface area (Å²) in [4.78, 5) is 23.4. The van der Waals surface area contributed by atoms with Crippen molar-refractivity contribution in [3.05, 3.63) is 53.3 Å². The Morgan fingerprint density at radius 1 is 1.20 bits per heavy atom. The summed E-state index contributed by atoms with van der Waals surface area (Å²) in [7, 11) is 0. The van der Waals surface area contributed by atoms with Crippen LogP contribution in [0.1, 0.15) is 42.5 Å². The first-order chi connectivity index (χ1) is 11.9. The number of aromatic amines is 1. The highest BCUT2D eigenvalue weighted by atomic mass is 16.6. The van der Waals surface area contributed by atoms with E-state index >= 15 is 0 Å². The zero-order chi connectivity index (χ0) is 18.3. The number of hydrazine groups is 1. The number of nitrogens with one attached hydrogen (secondary N) is 3. The highest BCUT2D eigenvalue weighted by molar-refractivity contribution is 5.93. The second-order valence-corrected chi connectivity index (χ2v) is 6.24. The first-order valence-electron chi connectivity index (χ1n) is 7.69. The summed E-state index contributed by atoms with van der Waals surface area (Å²) in [6, 6.07) is 11.0. The third kappa shape index (κ3) is 5.70. The van der Waals surface area contributed by atoms with Gasteiger partial charge in [0, 0.05) is 16.7 Å². The molecular formula is C18H20N4O3. The summed E-state index contributed by atoms with van der Waals surface area (Å²) in [5.41, 5.74) is 6.03. The number of H-pyrrole nitrogens is 1. The summed E-state index contributed by atoms with van der Waals surface area (Å²) in [6.45, 7) is 5.89. The van der Waals surface area contributed by atoms with Gasteiger partial charge in [-0.2, -0.15) is 5.10 Å². The van der Waals surface area contributed by atoms with Crippen LogP contribution in [0.25, 0.3) is 0 Å². The maximum Gasteiger partial charge on any atom is 0.427 e. The Labute approximate surface area is 146 Å². The van der Waals surface area contributed by atoms with Gasteiger partial charge in [-0.1, -0.05) is 50.8 Å². The highest BCUT2D eigenvalue weighted by Crippen LogP contribution is 2.19. The highest BCUT2D eigenvalue weighted by Gasteiger charge is 2.19. The van der Waals surface area contributed by atoms with Gasteiger partial charge in [0.2, 0.25) is 0 Å². The van der Waals surface area contributed by atoms with E-state index < -0.39 is 12.0 Å². The summed E-state index contributed by atoms with van der Waals surface area (Å²) in [5.74, 6) is 5.02. The minimum atomic E-state index is -0.803. The van der Waals surface area contributed by atoms with Gasteiger partial charge in [0.1, 0.15) is 0 Å². The monoisotopic (exact) mass is 340 g/mol. The average molecular weight is 340 g/mol. The van der Waals surface area contributed by atoms with Gasteiger partial charge in [-0.05, 0) is 18.2 Å². The predicted molar refractivity (Wildman–Crippen MR) is 92.6 cm³/mol. The van der Waals surface area contributed by atoms with Crippen LogP contribution in [0, 0.1) is 11.8 Å². The number of carbonyl (C=O) groups excluding carboxylic acids is 2. The molecule has 1 aromatic carbocycles. The van der Waals surface area contributed by atoms with Crippen LogP contribution < -0.4 is 10.9 Å². The molecule has 1 aromatic heterocycles. The molecule has 0 saturated heterocycles. The molecule has 1 heterocycles. The van der Waals surface area contributed by atoms with Crippen LogP contribution in [-0.2, 0) is 10.2 Å². The molecule has 0 radical (unpaired) electrons. The molecule has 25 heavy (non-hydrogen) atoms. The SMILES string of the molecule is CC(C)(C)c1cc(C(=O)NNC(=O)OCC#Cc2ccccc2)n[nH]1. The van der Waals surface area contributed by atoms with Crippen molar-refractivity contribution in [2.75, 3.05) is 6.61 Å². The van der Waals surface area contributed by atoms with Gasteiger partial charge < -0.3 is 4.74 Å². The molecule has 7 nitrogen and oxygen atoms in total. The Hall–Kier alpha value is -3.27. The molecule has 0 fully saturated rings. The van der Waals surface area contributed by atoms with E-state index in [-0.39, 0.29) is 17.7 Å². The van der Waals surface area contributed by atoms with Crippen LogP contribution in [-0.4, -0.2) is 28.8 Å². The number of amides is 2. The van der Waals surface area contributed by atoms with E-state index in [4.69, 9.17) is 4.74 Å². The number of rotatable bonds is 2. The lowest BCUT2D eigenvalue weighted by Crippen LogP contribution is -2.42. The van der Waals surface area contributed by atoms with E-state index in [9.17, 15) is 9.59 Å². The molecule has 0 saturated carbocycles. The minimum absolute atomic E-state index is 0.0901. The van der Waals surface area contributed by atoms with Crippen LogP contribution in [0.2, 0.25) is 0 Å². The normalized spacial score (nSPS) is 10.4. The number of nitrogens with zero attached hydrogens (tertiary/aromatic N) is 1. The standard InChI is InChI=1S/C18H20N4O3/c1-18(2,3)15-12-14(19-20-15)16(23)21-22-17(24)25-11-7-10-13-8-5-4-6-9-13/h4-6,8-9,12H,11H2,1-3H3,(H,19,20)(H,21,23)(H,22,24). The van der Waals surface area contributed by atoms with Gasteiger partial charge in [0.05, 0.1) is 0 Å². The molecule has 0 aliphatic heterocycles. The Kier molecular flexibility index (Phi) is 5.79. The van der Waals surface area contributed by atoms with Crippen molar-refractivity contribution in [1.82, 2.24) is 21.0 Å². The lowest BCUT2D eigenvalue weighted by Gasteiger charge is -2.14. The van der Waals surface area contributed by atoms with Crippen LogP contribution in [0.15, 0.2) is 36.4 Å². The molecule has 0 aliphatic rings. The summed E-state index contributed by atoms with van der Waals surface area (Å²) < 4.78 is 4.84. The molecule has 2 amide bonds. The van der Waals surface area contributed by atoms with Crippen LogP contribution >= 0.6 is 0 Å². The smallest absolute Gasteiger partial charge is 0.427 e. The zero-order valence-electron chi connectivity index (χ0n) is 14.3. The molecule has 0 aliphatic carbocycles. The summed E-state index contributed by atoms with van der Waals surface area (Å²) in [6.07, 6.45) is -0.803. The van der Waals surface area contributed by atoms with E-state index in [0.717, 1.165) is 11.3 Å². The number of hydrogen-bond acceptors (Lipinski definition) is 4. The van der Waals surface area contributed by atoms with Gasteiger partial charge >= 0.3 is 6.09 Å². The third-order valence-electron chi connectivity index (χ3n) is 3.18. The van der Waals surface area contributed by atoms with Crippen LogP contribution in [0.5, 0.6) is 0 Å². The molecular weight excluding hydrogens is 320 g/mol. The molecule has 7 heteroatoms. The largest absolute Gasteiger partial charge is 0.435 e. The van der Waals surface area contributed by atoms with Gasteiger partial charge in [-0.3, -0.25) is 15.3 Å². The van der Waals surface area contributed by atoms with Gasteiger partial charge in [-0.25, -0.2) is 10.2 Å². The fourth-order valence-corrected chi connectivity index (χ4v) is 1.79. The van der Waals surface area contributed by atoms with Crippen molar-refractivity contribution in [3.63, 3.8) is 0 Å². The quantitative estimate of drug-likeness (QED) is 0.576. The first-order valence-corrected chi connectivity index (χ1v) is 7.69. The predicted octanol–water partition coefficient (Wildman–Crippen LogP) is 2.13. The fourth-order valence-electron chi connectivity index (χ4n) is 1.79. The second kappa shape index (κ2) is 8.02. The van der Waals surface area contributed by atoms with E-state index in [1.807, 2.05) is 51.1 Å². The van der Waals surface area contributed by atoms with E-state index in [0.29, 0.717) is 0 Å². The van der Waals surface area contributed by atoms with E-state index in [1.54, 1.807) is 6.07 Å². The Morgan fingerprint density at radius 3 is 2.56 bits per heavy atom. The lowest BCUT2D eigenvalue weighted by molar-refractivity contribution is 0.0911. The number of ether oxygens (including phenoxy) is 1. The molecule has 0 spiro atoms. The van der Waals surface area contributed by atoms with Gasteiger partial charge in [0.15, 0.2) is 12.3 Å². The van der Waals surface area contributed by atoms with Crippen molar-refractivity contribution >= 4 is 12.0 Å². The van der Waals surface area contributed by atoms with E-state index in [2.05, 4.69) is 32.9 Å². The number of carbonyl (C=O) groups is 2. The molecule has 0 bridgehead atoms. The molecule has 2 aromatic rings. The Bertz CT molecular complexity index is 795. The number of hydrogen-bond donors (Lipinski definition) is 3. The molecule has 0 atom stereocenters. The molecule has 0 unspecified atom stereocenters. The van der Waals surface area contributed by atoms with Crippen molar-refractivity contribution < 1.29 is 14.3 Å². The molecule has 2 rings (SSSR count). The fraction of sp³-hybridized carbons (Fsp3) is 0.278. The van der Waals surface area contributed by atoms with Crippen LogP contribution in [0.4, 0.5) is 4.79 Å².